The van der Waals surface area contributed by atoms with Crippen LogP contribution in [0.15, 0.2) is 30.5 Å². The molecular formula is C28H30F4N6O2. The summed E-state index contributed by atoms with van der Waals surface area (Å²) in [6.07, 6.45) is -4.07. The molecule has 0 saturated carbocycles. The average Bonchev–Trinajstić information content (AvgIpc) is 3.24. The van der Waals surface area contributed by atoms with E-state index in [4.69, 9.17) is 4.74 Å². The second-order valence-electron chi connectivity index (χ2n) is 10.0. The molecule has 0 unspecified atom stereocenters. The van der Waals surface area contributed by atoms with Crippen molar-refractivity contribution in [1.82, 2.24) is 19.6 Å². The molecule has 3 aromatic rings. The molecular weight excluding hydrogens is 528 g/mol. The predicted molar refractivity (Wildman–Crippen MR) is 144 cm³/mol. The number of aromatic nitrogens is 2. The zero-order valence-corrected chi connectivity index (χ0v) is 22.2. The number of fused-ring (bicyclic) bond motifs is 2. The summed E-state index contributed by atoms with van der Waals surface area (Å²) < 4.78 is 62.0. The highest BCUT2D eigenvalue weighted by atomic mass is 19.4. The molecule has 3 N–H and O–H groups in total. The predicted octanol–water partition coefficient (Wildman–Crippen LogP) is 3.65. The van der Waals surface area contributed by atoms with E-state index in [0.717, 1.165) is 5.56 Å². The first-order valence-electron chi connectivity index (χ1n) is 13.0. The first kappa shape index (κ1) is 27.6. The van der Waals surface area contributed by atoms with Crippen LogP contribution >= 0.6 is 0 Å². The van der Waals surface area contributed by atoms with E-state index in [2.05, 4.69) is 32.8 Å². The van der Waals surface area contributed by atoms with Gasteiger partial charge in [-0.15, -0.1) is 0 Å². The number of methoxy groups -OCH3 is 1. The Labute approximate surface area is 229 Å². The van der Waals surface area contributed by atoms with E-state index in [1.807, 2.05) is 18.0 Å². The number of halogens is 4. The molecule has 0 aliphatic carbocycles. The smallest absolute Gasteiger partial charge is 0.394 e. The van der Waals surface area contributed by atoms with Crippen molar-refractivity contribution < 1.29 is 27.1 Å². The molecule has 1 amide bonds. The summed E-state index contributed by atoms with van der Waals surface area (Å²) in [6.45, 7) is 1.63. The largest absolute Gasteiger partial charge is 0.495 e. The molecule has 0 radical (unpaired) electrons. The minimum Gasteiger partial charge on any atom is -0.495 e. The Morgan fingerprint density at radius 2 is 2.10 bits per heavy atom. The Morgan fingerprint density at radius 3 is 2.85 bits per heavy atom. The van der Waals surface area contributed by atoms with Gasteiger partial charge in [0.15, 0.2) is 5.65 Å². The number of pyridine rings is 1. The summed E-state index contributed by atoms with van der Waals surface area (Å²) in [7, 11) is 3.34. The number of hydrogen-bond acceptors (Lipinski definition) is 6. The highest BCUT2D eigenvalue weighted by molar-refractivity contribution is 5.98. The van der Waals surface area contributed by atoms with Crippen LogP contribution in [0.5, 0.6) is 5.75 Å². The maximum Gasteiger partial charge on any atom is 0.394 e. The number of alkyl halides is 4. The number of imidazole rings is 1. The van der Waals surface area contributed by atoms with Crippen LogP contribution in [0.3, 0.4) is 0 Å². The van der Waals surface area contributed by atoms with Gasteiger partial charge in [-0.1, -0.05) is 5.92 Å². The number of benzene rings is 1. The maximum absolute atomic E-state index is 14.7. The Kier molecular flexibility index (Phi) is 7.76. The van der Waals surface area contributed by atoms with Gasteiger partial charge < -0.3 is 30.0 Å². The normalized spacial score (nSPS) is 19.4. The third kappa shape index (κ3) is 5.94. The van der Waals surface area contributed by atoms with E-state index in [-0.39, 0.29) is 36.0 Å². The molecule has 40 heavy (non-hydrogen) atoms. The summed E-state index contributed by atoms with van der Waals surface area (Å²) in [5.74, 6) is 5.95. The minimum absolute atomic E-state index is 0.00243. The summed E-state index contributed by atoms with van der Waals surface area (Å²) in [6, 6.07) is 6.31. The maximum atomic E-state index is 14.7. The minimum atomic E-state index is -4.48. The molecule has 4 heterocycles. The van der Waals surface area contributed by atoms with E-state index in [1.165, 1.54) is 17.7 Å². The fraction of sp³-hybridized carbons (Fsp3) is 0.429. The number of likely N-dealkylation sites (tertiary alicyclic amines) is 1. The number of carbonyl (C=O) groups is 1. The summed E-state index contributed by atoms with van der Waals surface area (Å²) in [4.78, 5) is 18.5. The van der Waals surface area contributed by atoms with Gasteiger partial charge in [-0.05, 0) is 55.6 Å². The molecule has 2 aliphatic rings. The number of piperidine rings is 1. The van der Waals surface area contributed by atoms with Crippen LogP contribution in [0.2, 0.25) is 0 Å². The molecule has 2 aromatic heterocycles. The lowest BCUT2D eigenvalue weighted by Gasteiger charge is -2.33. The lowest BCUT2D eigenvalue weighted by Crippen LogP contribution is -2.46. The van der Waals surface area contributed by atoms with Crippen molar-refractivity contribution in [2.45, 2.75) is 37.7 Å². The molecule has 5 rings (SSSR count). The van der Waals surface area contributed by atoms with Gasteiger partial charge in [-0.2, -0.15) is 13.2 Å². The van der Waals surface area contributed by atoms with Crippen molar-refractivity contribution in [3.63, 3.8) is 0 Å². The lowest BCUT2D eigenvalue weighted by atomic mass is 9.99. The summed E-state index contributed by atoms with van der Waals surface area (Å²) >= 11 is 0. The second-order valence-corrected chi connectivity index (χ2v) is 10.0. The molecule has 212 valence electrons. The number of ether oxygens (including phenoxy) is 1. The van der Waals surface area contributed by atoms with Gasteiger partial charge in [0.1, 0.15) is 17.6 Å². The van der Waals surface area contributed by atoms with Crippen LogP contribution in [0.4, 0.5) is 28.9 Å². The van der Waals surface area contributed by atoms with Crippen LogP contribution in [0.25, 0.3) is 5.65 Å². The number of nitrogens with one attached hydrogen (secondary N) is 3. The van der Waals surface area contributed by atoms with Crippen LogP contribution < -0.4 is 20.7 Å². The van der Waals surface area contributed by atoms with Gasteiger partial charge in [0.25, 0.3) is 5.91 Å². The number of nitrogens with zero attached hydrogens (tertiary/aromatic N) is 3. The molecule has 2 atom stereocenters. The van der Waals surface area contributed by atoms with Crippen molar-refractivity contribution in [1.29, 1.82) is 0 Å². The standard InChI is InChI=1S/C28H30F4N6O2/c1-37-12-8-20(19(29)16-37)35-22-6-4-11-38-24(15-28(30,31)32)21(36-26(22)38)5-3-9-33-23-13-17-7-10-34-27(39)18(17)14-25(23)40-2/h4,6,11,13-14,19-20,33,35H,7-10,12,15-16H2,1-2H3,(H,34,39)/t19-,20+/m0/s1. The van der Waals surface area contributed by atoms with Crippen LogP contribution in [0.1, 0.15) is 33.7 Å². The quantitative estimate of drug-likeness (QED) is 0.317. The monoisotopic (exact) mass is 558 g/mol. The fourth-order valence-corrected chi connectivity index (χ4v) is 5.13. The zero-order chi connectivity index (χ0) is 28.4. The first-order chi connectivity index (χ1) is 19.1. The number of rotatable bonds is 6. The fourth-order valence-electron chi connectivity index (χ4n) is 5.13. The van der Waals surface area contributed by atoms with Crippen molar-refractivity contribution in [3.8, 4) is 17.6 Å². The molecule has 8 nitrogen and oxygen atoms in total. The third-order valence-electron chi connectivity index (χ3n) is 7.13. The molecule has 0 spiro atoms. The third-order valence-corrected chi connectivity index (χ3v) is 7.13. The Bertz CT molecular complexity index is 1480. The number of carbonyl (C=O) groups excluding carboxylic acids is 1. The van der Waals surface area contributed by atoms with Crippen molar-refractivity contribution in [2.24, 2.45) is 0 Å². The first-order valence-corrected chi connectivity index (χ1v) is 13.0. The Hall–Kier alpha value is -3.98. The van der Waals surface area contributed by atoms with Crippen LogP contribution in [0, 0.1) is 11.8 Å². The van der Waals surface area contributed by atoms with Crippen molar-refractivity contribution >= 4 is 22.9 Å². The zero-order valence-electron chi connectivity index (χ0n) is 22.2. The summed E-state index contributed by atoms with van der Waals surface area (Å²) in [5, 5.41) is 9.08. The Morgan fingerprint density at radius 1 is 1.27 bits per heavy atom. The Balaban J connectivity index is 1.41. The lowest BCUT2D eigenvalue weighted by molar-refractivity contribution is -0.128. The van der Waals surface area contributed by atoms with E-state index < -0.39 is 24.8 Å². The van der Waals surface area contributed by atoms with Crippen LogP contribution in [-0.2, 0) is 12.8 Å². The molecule has 1 fully saturated rings. The summed E-state index contributed by atoms with van der Waals surface area (Å²) in [5.41, 5.74) is 2.68. The van der Waals surface area contributed by atoms with Gasteiger partial charge in [-0.3, -0.25) is 4.79 Å². The van der Waals surface area contributed by atoms with Crippen molar-refractivity contribution in [2.75, 3.05) is 51.0 Å². The highest BCUT2D eigenvalue weighted by Gasteiger charge is 2.32. The molecule has 1 saturated heterocycles. The van der Waals surface area contributed by atoms with Gasteiger partial charge in [-0.25, -0.2) is 9.37 Å². The van der Waals surface area contributed by atoms with E-state index in [0.29, 0.717) is 48.6 Å². The number of amides is 1. The number of anilines is 2. The molecule has 12 heteroatoms. The second kappa shape index (κ2) is 11.3. The van der Waals surface area contributed by atoms with E-state index in [1.54, 1.807) is 18.2 Å². The van der Waals surface area contributed by atoms with Gasteiger partial charge >= 0.3 is 6.18 Å². The SMILES string of the molecule is COc1cc2c(cc1NCC#Cc1nc3c(N[C@@H]4CCN(C)C[C@@H]4F)cccn3c1CC(F)(F)F)CCNC2=O. The van der Waals surface area contributed by atoms with Gasteiger partial charge in [0.05, 0.1) is 43.2 Å². The highest BCUT2D eigenvalue weighted by Crippen LogP contribution is 2.31. The van der Waals surface area contributed by atoms with E-state index in [9.17, 15) is 22.4 Å². The molecule has 1 aromatic carbocycles. The average molecular weight is 559 g/mol. The van der Waals surface area contributed by atoms with Crippen LogP contribution in [-0.4, -0.2) is 78.9 Å². The molecule has 0 bridgehead atoms. The topological polar surface area (TPSA) is 82.9 Å². The molecule has 2 aliphatic heterocycles. The van der Waals surface area contributed by atoms with Crippen molar-refractivity contribution in [3.05, 3.63) is 53.0 Å². The van der Waals surface area contributed by atoms with Gasteiger partial charge in [0.2, 0.25) is 0 Å². The number of hydrogen-bond donors (Lipinski definition) is 3. The van der Waals surface area contributed by atoms with E-state index >= 15 is 0 Å². The van der Waals surface area contributed by atoms with Gasteiger partial charge in [0, 0.05) is 31.4 Å².